The molecule has 0 unspecified atom stereocenters. The summed E-state index contributed by atoms with van der Waals surface area (Å²) in [6.07, 6.45) is 0.836. The number of rotatable bonds is 11. The van der Waals surface area contributed by atoms with Crippen LogP contribution in [-0.4, -0.2) is 53.9 Å². The highest BCUT2D eigenvalue weighted by molar-refractivity contribution is 7.99. The van der Waals surface area contributed by atoms with Crippen molar-refractivity contribution < 1.29 is 19.0 Å². The van der Waals surface area contributed by atoms with Gasteiger partial charge in [-0.15, -0.1) is 10.2 Å². The highest BCUT2D eigenvalue weighted by Gasteiger charge is 2.16. The zero-order chi connectivity index (χ0) is 22.1. The molecular formula is C22H24ClN3O4S. The summed E-state index contributed by atoms with van der Waals surface area (Å²) >= 11 is 7.94. The van der Waals surface area contributed by atoms with Gasteiger partial charge >= 0.3 is 5.97 Å². The summed E-state index contributed by atoms with van der Waals surface area (Å²) in [5, 5.41) is 10.2. The van der Waals surface area contributed by atoms with E-state index in [1.165, 1.54) is 7.11 Å². The Labute approximate surface area is 190 Å². The number of esters is 1. The number of ether oxygens (including phenoxy) is 3. The average molecular weight is 462 g/mol. The van der Waals surface area contributed by atoms with E-state index in [1.807, 2.05) is 24.3 Å². The Morgan fingerprint density at radius 3 is 2.55 bits per heavy atom. The Hall–Kier alpha value is -2.55. The lowest BCUT2D eigenvalue weighted by Gasteiger charge is -2.11. The van der Waals surface area contributed by atoms with Crippen molar-refractivity contribution in [1.29, 1.82) is 0 Å². The first kappa shape index (κ1) is 23.1. The van der Waals surface area contributed by atoms with Gasteiger partial charge < -0.3 is 18.8 Å². The van der Waals surface area contributed by atoms with Crippen LogP contribution in [0.3, 0.4) is 0 Å². The van der Waals surface area contributed by atoms with Crippen molar-refractivity contribution >= 4 is 29.3 Å². The SMILES string of the molecule is COCCCn1c(SCCOc2ccc(C(=O)OC)cc2)nnc1-c1ccccc1Cl. The van der Waals surface area contributed by atoms with Crippen LogP contribution < -0.4 is 4.74 Å². The Kier molecular flexibility index (Phi) is 8.75. The van der Waals surface area contributed by atoms with E-state index in [0.717, 1.165) is 29.5 Å². The van der Waals surface area contributed by atoms with E-state index in [2.05, 4.69) is 14.8 Å². The van der Waals surface area contributed by atoms with Crippen molar-refractivity contribution in [2.75, 3.05) is 33.2 Å². The van der Waals surface area contributed by atoms with Crippen LogP contribution in [0.2, 0.25) is 5.02 Å². The van der Waals surface area contributed by atoms with Crippen molar-refractivity contribution in [3.63, 3.8) is 0 Å². The van der Waals surface area contributed by atoms with Crippen molar-refractivity contribution in [1.82, 2.24) is 14.8 Å². The third kappa shape index (κ3) is 6.22. The molecule has 0 radical (unpaired) electrons. The molecular weight excluding hydrogens is 438 g/mol. The topological polar surface area (TPSA) is 75.5 Å². The highest BCUT2D eigenvalue weighted by Crippen LogP contribution is 2.29. The molecule has 7 nitrogen and oxygen atoms in total. The van der Waals surface area contributed by atoms with Gasteiger partial charge in [-0.05, 0) is 42.8 Å². The van der Waals surface area contributed by atoms with E-state index >= 15 is 0 Å². The van der Waals surface area contributed by atoms with Gasteiger partial charge in [0, 0.05) is 31.6 Å². The average Bonchev–Trinajstić information content (AvgIpc) is 3.19. The number of carbonyl (C=O) groups excluding carboxylic acids is 1. The van der Waals surface area contributed by atoms with Crippen LogP contribution in [0, 0.1) is 0 Å². The second-order valence-electron chi connectivity index (χ2n) is 6.50. The fraction of sp³-hybridized carbons (Fsp3) is 0.318. The number of methoxy groups -OCH3 is 2. The summed E-state index contributed by atoms with van der Waals surface area (Å²) < 4.78 is 17.7. The van der Waals surface area contributed by atoms with Crippen LogP contribution in [0.25, 0.3) is 11.4 Å². The zero-order valence-corrected chi connectivity index (χ0v) is 19.0. The summed E-state index contributed by atoms with van der Waals surface area (Å²) in [5.41, 5.74) is 1.34. The minimum absolute atomic E-state index is 0.371. The maximum absolute atomic E-state index is 11.5. The van der Waals surface area contributed by atoms with Gasteiger partial charge in [-0.3, -0.25) is 0 Å². The van der Waals surface area contributed by atoms with Gasteiger partial charge in [-0.2, -0.15) is 0 Å². The van der Waals surface area contributed by atoms with E-state index < -0.39 is 0 Å². The van der Waals surface area contributed by atoms with Crippen molar-refractivity contribution in [3.05, 3.63) is 59.1 Å². The molecule has 3 rings (SSSR count). The molecule has 0 aliphatic rings. The van der Waals surface area contributed by atoms with Crippen LogP contribution >= 0.6 is 23.4 Å². The summed E-state index contributed by atoms with van der Waals surface area (Å²) in [6.45, 7) is 1.85. The van der Waals surface area contributed by atoms with Gasteiger partial charge in [0.2, 0.25) is 0 Å². The van der Waals surface area contributed by atoms with E-state index in [1.54, 1.807) is 43.1 Å². The summed E-state index contributed by atoms with van der Waals surface area (Å²) in [4.78, 5) is 11.5. The van der Waals surface area contributed by atoms with Crippen molar-refractivity contribution in [2.45, 2.75) is 18.1 Å². The Bertz CT molecular complexity index is 995. The molecule has 0 bridgehead atoms. The van der Waals surface area contributed by atoms with E-state index in [0.29, 0.717) is 35.3 Å². The highest BCUT2D eigenvalue weighted by atomic mass is 35.5. The molecule has 0 fully saturated rings. The molecule has 0 amide bonds. The van der Waals surface area contributed by atoms with E-state index in [-0.39, 0.29) is 5.97 Å². The van der Waals surface area contributed by atoms with E-state index in [4.69, 9.17) is 25.8 Å². The molecule has 0 atom stereocenters. The standard InChI is InChI=1S/C22H24ClN3O4S/c1-28-13-5-12-26-20(18-6-3-4-7-19(18)23)24-25-22(26)31-15-14-30-17-10-8-16(9-11-17)21(27)29-2/h3-4,6-11H,5,12-15H2,1-2H3. The summed E-state index contributed by atoms with van der Waals surface area (Å²) in [7, 11) is 3.04. The number of aromatic nitrogens is 3. The quantitative estimate of drug-likeness (QED) is 0.235. The Morgan fingerprint density at radius 2 is 1.84 bits per heavy atom. The number of thioether (sulfide) groups is 1. The van der Waals surface area contributed by atoms with Crippen molar-refractivity contribution in [2.24, 2.45) is 0 Å². The smallest absolute Gasteiger partial charge is 0.337 e. The molecule has 0 aliphatic heterocycles. The van der Waals surface area contributed by atoms with Gasteiger partial charge in [0.05, 0.1) is 24.3 Å². The fourth-order valence-corrected chi connectivity index (χ4v) is 3.91. The molecule has 1 aromatic heterocycles. The lowest BCUT2D eigenvalue weighted by atomic mass is 10.2. The van der Waals surface area contributed by atoms with Crippen LogP contribution in [0.4, 0.5) is 0 Å². The minimum atomic E-state index is -0.371. The maximum atomic E-state index is 11.5. The third-order valence-electron chi connectivity index (χ3n) is 4.42. The molecule has 0 spiro atoms. The monoisotopic (exact) mass is 461 g/mol. The Balaban J connectivity index is 1.63. The van der Waals surface area contributed by atoms with Gasteiger partial charge in [-0.25, -0.2) is 4.79 Å². The molecule has 0 aliphatic carbocycles. The largest absolute Gasteiger partial charge is 0.493 e. The summed E-state index contributed by atoms with van der Waals surface area (Å²) in [6, 6.07) is 14.5. The lowest BCUT2D eigenvalue weighted by molar-refractivity contribution is 0.0600. The number of hydrogen-bond donors (Lipinski definition) is 0. The number of nitrogens with zero attached hydrogens (tertiary/aromatic N) is 3. The van der Waals surface area contributed by atoms with Gasteiger partial charge in [0.25, 0.3) is 0 Å². The number of halogens is 1. The van der Waals surface area contributed by atoms with Gasteiger partial charge in [-0.1, -0.05) is 35.5 Å². The molecule has 9 heteroatoms. The number of benzene rings is 2. The number of hydrogen-bond acceptors (Lipinski definition) is 7. The molecule has 31 heavy (non-hydrogen) atoms. The first-order valence-corrected chi connectivity index (χ1v) is 11.1. The molecule has 164 valence electrons. The van der Waals surface area contributed by atoms with Crippen LogP contribution in [0.1, 0.15) is 16.8 Å². The normalized spacial score (nSPS) is 10.8. The zero-order valence-electron chi connectivity index (χ0n) is 17.4. The molecule has 0 saturated carbocycles. The Morgan fingerprint density at radius 1 is 1.06 bits per heavy atom. The van der Waals surface area contributed by atoms with Crippen LogP contribution in [0.15, 0.2) is 53.7 Å². The molecule has 0 saturated heterocycles. The molecule has 1 heterocycles. The third-order valence-corrected chi connectivity index (χ3v) is 5.68. The maximum Gasteiger partial charge on any atom is 0.337 e. The van der Waals surface area contributed by atoms with Gasteiger partial charge in [0.1, 0.15) is 5.75 Å². The lowest BCUT2D eigenvalue weighted by Crippen LogP contribution is -2.07. The number of carbonyl (C=O) groups is 1. The predicted molar refractivity (Wildman–Crippen MR) is 121 cm³/mol. The molecule has 2 aromatic carbocycles. The van der Waals surface area contributed by atoms with Crippen LogP contribution in [0.5, 0.6) is 5.75 Å². The first-order valence-electron chi connectivity index (χ1n) is 9.75. The first-order chi connectivity index (χ1) is 15.1. The van der Waals surface area contributed by atoms with Gasteiger partial charge in [0.15, 0.2) is 11.0 Å². The van der Waals surface area contributed by atoms with Crippen molar-refractivity contribution in [3.8, 4) is 17.1 Å². The second kappa shape index (κ2) is 11.7. The van der Waals surface area contributed by atoms with E-state index in [9.17, 15) is 4.79 Å². The second-order valence-corrected chi connectivity index (χ2v) is 7.97. The predicted octanol–water partition coefficient (Wildman–Crippen LogP) is 4.59. The fourth-order valence-electron chi connectivity index (χ4n) is 2.90. The van der Waals surface area contributed by atoms with Crippen LogP contribution in [-0.2, 0) is 16.0 Å². The minimum Gasteiger partial charge on any atom is -0.493 e. The summed E-state index contributed by atoms with van der Waals surface area (Å²) in [5.74, 6) is 1.74. The molecule has 3 aromatic rings. The molecule has 0 N–H and O–H groups in total.